The number of nitrogens with zero attached hydrogens (tertiary/aromatic N) is 1. The van der Waals surface area contributed by atoms with Crippen LogP contribution < -0.4 is 0 Å². The first-order valence-electron chi connectivity index (χ1n) is 12.8. The molecule has 0 fully saturated rings. The van der Waals surface area contributed by atoms with Crippen molar-refractivity contribution < 1.29 is 14.0 Å². The molecule has 1 aromatic heterocycles. The lowest BCUT2D eigenvalue weighted by molar-refractivity contribution is -0.113. The van der Waals surface area contributed by atoms with Crippen molar-refractivity contribution in [1.29, 1.82) is 0 Å². The Morgan fingerprint density at radius 3 is 2.50 bits per heavy atom. The molecule has 1 atom stereocenters. The molecule has 182 valence electrons. The summed E-state index contributed by atoms with van der Waals surface area (Å²) in [6, 6.07) is 0. The lowest BCUT2D eigenvalue weighted by Crippen LogP contribution is -2.12. The number of Topliss-reactive ketones (excluding diaryl/α,β-unsaturated/α-hetero) is 1. The highest BCUT2D eigenvalue weighted by Crippen LogP contribution is 2.39. The normalized spacial score (nSPS) is 17.5. The van der Waals surface area contributed by atoms with Crippen LogP contribution in [0, 0.1) is 5.92 Å². The fourth-order valence-electron chi connectivity index (χ4n) is 5.46. The first-order chi connectivity index (χ1) is 16.3. The summed E-state index contributed by atoms with van der Waals surface area (Å²) < 4.78 is 15.0. The molecule has 0 N–H and O–H groups in total. The van der Waals surface area contributed by atoms with Crippen molar-refractivity contribution in [1.82, 2.24) is 4.98 Å². The van der Waals surface area contributed by atoms with E-state index in [0.29, 0.717) is 18.4 Å². The topological polar surface area (TPSA) is 47.0 Å². The van der Waals surface area contributed by atoms with Crippen molar-refractivity contribution in [2.24, 2.45) is 5.92 Å². The van der Waals surface area contributed by atoms with Gasteiger partial charge in [0.1, 0.15) is 12.1 Å². The number of allylic oxidation sites excluding steroid dienone is 7. The third-order valence-electron chi connectivity index (χ3n) is 7.38. The molecule has 34 heavy (non-hydrogen) atoms. The van der Waals surface area contributed by atoms with E-state index >= 15 is 4.39 Å². The van der Waals surface area contributed by atoms with Gasteiger partial charge in [-0.1, -0.05) is 38.8 Å². The predicted molar refractivity (Wildman–Crippen MR) is 138 cm³/mol. The van der Waals surface area contributed by atoms with Crippen LogP contribution in [0.15, 0.2) is 34.2 Å². The molecule has 3 rings (SSSR count). The van der Waals surface area contributed by atoms with Gasteiger partial charge in [0.25, 0.3) is 0 Å². The molecule has 1 aromatic rings. The molecule has 4 heteroatoms. The molecule has 0 aromatic carbocycles. The summed E-state index contributed by atoms with van der Waals surface area (Å²) in [6.07, 6.45) is 11.3. The van der Waals surface area contributed by atoms with Crippen LogP contribution in [0.2, 0.25) is 0 Å². The third-order valence-corrected chi connectivity index (χ3v) is 7.38. The Morgan fingerprint density at radius 1 is 1.18 bits per heavy atom. The smallest absolute Gasteiger partial charge is 0.156 e. The highest BCUT2D eigenvalue weighted by Gasteiger charge is 2.26. The monoisotopic (exact) mass is 463 g/mol. The molecular weight excluding hydrogens is 425 g/mol. The van der Waals surface area contributed by atoms with E-state index in [1.165, 1.54) is 22.3 Å². The largest absolute Gasteiger partial charge is 0.303 e. The van der Waals surface area contributed by atoms with Crippen LogP contribution in [0.5, 0.6) is 0 Å². The molecule has 2 bridgehead atoms. The van der Waals surface area contributed by atoms with E-state index in [0.717, 1.165) is 72.9 Å². The van der Waals surface area contributed by atoms with Crippen molar-refractivity contribution in [3.63, 3.8) is 0 Å². The molecule has 3 nitrogen and oxygen atoms in total. The molecule has 0 saturated heterocycles. The minimum Gasteiger partial charge on any atom is -0.303 e. The van der Waals surface area contributed by atoms with Crippen molar-refractivity contribution in [2.45, 2.75) is 92.9 Å². The van der Waals surface area contributed by atoms with Gasteiger partial charge in [-0.3, -0.25) is 4.79 Å². The lowest BCUT2D eigenvalue weighted by atomic mass is 9.86. The molecule has 0 radical (unpaired) electrons. The van der Waals surface area contributed by atoms with Gasteiger partial charge in [-0.05, 0) is 105 Å². The number of pyridine rings is 1. The maximum absolute atomic E-state index is 15.0. The number of carbonyl (C=O) groups is 2. The second kappa shape index (κ2) is 11.2. The van der Waals surface area contributed by atoms with Crippen LogP contribution in [-0.4, -0.2) is 17.1 Å². The van der Waals surface area contributed by atoms with E-state index in [1.54, 1.807) is 13.0 Å². The Kier molecular flexibility index (Phi) is 8.57. The highest BCUT2D eigenvalue weighted by atomic mass is 19.1. The average molecular weight is 464 g/mol. The second-order valence-corrected chi connectivity index (χ2v) is 9.60. The molecule has 0 amide bonds. The fraction of sp³-hybridized carbons (Fsp3) is 0.500. The zero-order valence-corrected chi connectivity index (χ0v) is 21.6. The number of hydrogen-bond donors (Lipinski definition) is 0. The lowest BCUT2D eigenvalue weighted by Gasteiger charge is -2.21. The summed E-state index contributed by atoms with van der Waals surface area (Å²) >= 11 is 0. The van der Waals surface area contributed by atoms with Crippen molar-refractivity contribution in [2.75, 3.05) is 0 Å². The summed E-state index contributed by atoms with van der Waals surface area (Å²) in [6.45, 7) is 11.5. The van der Waals surface area contributed by atoms with Gasteiger partial charge < -0.3 is 4.79 Å². The van der Waals surface area contributed by atoms with Crippen molar-refractivity contribution in [3.05, 3.63) is 62.3 Å². The Morgan fingerprint density at radius 2 is 1.91 bits per heavy atom. The summed E-state index contributed by atoms with van der Waals surface area (Å²) in [5.41, 5.74) is 9.68. The summed E-state index contributed by atoms with van der Waals surface area (Å²) in [4.78, 5) is 29.3. The standard InChI is InChI=1S/C30H38FNO2/c1-7-11-25-24-13-10-12-22-15-27(24)29(16-28(31)19(22)5)32-30(25)18(4)14-26(21(8-2)17-33)23(9-3)20(6)34/h14,16-17,21H,7-13,15H2,1-6H3/b18-14+,26-23+. The van der Waals surface area contributed by atoms with Crippen LogP contribution in [0.4, 0.5) is 4.39 Å². The molecule has 0 aliphatic heterocycles. The Bertz CT molecular complexity index is 1120. The predicted octanol–water partition coefficient (Wildman–Crippen LogP) is 7.48. The first-order valence-corrected chi connectivity index (χ1v) is 12.8. The number of fused-ring (bicyclic) bond motifs is 1. The van der Waals surface area contributed by atoms with Crippen LogP contribution in [-0.2, 0) is 28.9 Å². The quantitative estimate of drug-likeness (QED) is 0.217. The number of hydrogen-bond acceptors (Lipinski definition) is 3. The SMILES string of the molecule is CCCc1c(/C(C)=C/C(=C(/CC)C(C)=O)C(C=O)CC)nc2c3c1CCCC(=C(C)C(F)=C2)C3. The van der Waals surface area contributed by atoms with Crippen LogP contribution in [0.3, 0.4) is 0 Å². The Hall–Kier alpha value is -2.62. The zero-order chi connectivity index (χ0) is 25.0. The Balaban J connectivity index is 2.30. The number of aldehydes is 1. The number of rotatable bonds is 9. The maximum atomic E-state index is 15.0. The molecular formula is C30H38FNO2. The highest BCUT2D eigenvalue weighted by molar-refractivity contribution is 5.95. The van der Waals surface area contributed by atoms with Crippen LogP contribution in [0.25, 0.3) is 11.6 Å². The van der Waals surface area contributed by atoms with Gasteiger partial charge in [0.2, 0.25) is 0 Å². The van der Waals surface area contributed by atoms with E-state index in [2.05, 4.69) is 6.92 Å². The van der Waals surface area contributed by atoms with Crippen LogP contribution in [0.1, 0.15) is 102 Å². The maximum Gasteiger partial charge on any atom is 0.156 e. The van der Waals surface area contributed by atoms with E-state index in [9.17, 15) is 9.59 Å². The molecule has 2 aliphatic rings. The van der Waals surface area contributed by atoms with Crippen molar-refractivity contribution in [3.8, 4) is 0 Å². The first kappa shape index (κ1) is 26.0. The van der Waals surface area contributed by atoms with Gasteiger partial charge in [0, 0.05) is 12.0 Å². The minimum atomic E-state index is -0.336. The number of halogens is 1. The van der Waals surface area contributed by atoms with Crippen LogP contribution >= 0.6 is 0 Å². The summed E-state index contributed by atoms with van der Waals surface area (Å²) in [7, 11) is 0. The molecule has 0 spiro atoms. The van der Waals surface area contributed by atoms with Gasteiger partial charge in [-0.15, -0.1) is 0 Å². The van der Waals surface area contributed by atoms with Gasteiger partial charge >= 0.3 is 0 Å². The van der Waals surface area contributed by atoms with Gasteiger partial charge in [-0.25, -0.2) is 9.37 Å². The van der Waals surface area contributed by atoms with E-state index in [-0.39, 0.29) is 17.5 Å². The van der Waals surface area contributed by atoms with E-state index in [4.69, 9.17) is 4.98 Å². The number of ketones is 1. The van der Waals surface area contributed by atoms with Gasteiger partial charge in [-0.2, -0.15) is 0 Å². The van der Waals surface area contributed by atoms with Crippen molar-refractivity contribution >= 4 is 23.7 Å². The Labute approximate surface area is 203 Å². The molecule has 1 heterocycles. The third kappa shape index (κ3) is 5.06. The second-order valence-electron chi connectivity index (χ2n) is 9.60. The minimum absolute atomic E-state index is 0.00353. The number of aromatic nitrogens is 1. The zero-order valence-electron chi connectivity index (χ0n) is 21.6. The molecule has 0 saturated carbocycles. The fourth-order valence-corrected chi connectivity index (χ4v) is 5.46. The summed E-state index contributed by atoms with van der Waals surface area (Å²) in [5.74, 6) is -0.531. The average Bonchev–Trinajstić information content (AvgIpc) is 3.09. The van der Waals surface area contributed by atoms with Gasteiger partial charge in [0.15, 0.2) is 5.78 Å². The molecule has 2 aliphatic carbocycles. The van der Waals surface area contributed by atoms with E-state index < -0.39 is 0 Å². The summed E-state index contributed by atoms with van der Waals surface area (Å²) in [5, 5.41) is 0. The van der Waals surface area contributed by atoms with Gasteiger partial charge in [0.05, 0.1) is 11.4 Å². The van der Waals surface area contributed by atoms with E-state index in [1.807, 2.05) is 33.8 Å². The molecule has 1 unspecified atom stereocenters. The number of carbonyl (C=O) groups excluding carboxylic acids is 2.